The Morgan fingerprint density at radius 3 is 3.07 bits per heavy atom. The molecule has 0 spiro atoms. The summed E-state index contributed by atoms with van der Waals surface area (Å²) in [5, 5.41) is 4.95. The number of hydrogen-bond acceptors (Lipinski definition) is 4. The van der Waals surface area contributed by atoms with Crippen LogP contribution in [0, 0.1) is 0 Å². The molecule has 0 aliphatic heterocycles. The third-order valence-corrected chi connectivity index (χ3v) is 2.12. The number of fused-ring (bicyclic) bond motifs is 3. The van der Waals surface area contributed by atoms with Gasteiger partial charge in [-0.1, -0.05) is 0 Å². The highest BCUT2D eigenvalue weighted by molar-refractivity contribution is 5.87. The van der Waals surface area contributed by atoms with Crippen LogP contribution in [0.1, 0.15) is 0 Å². The molecular formula is C9H7N5. The van der Waals surface area contributed by atoms with Crippen LogP contribution >= 0.6 is 0 Å². The molecule has 14 heavy (non-hydrogen) atoms. The van der Waals surface area contributed by atoms with Crippen molar-refractivity contribution in [2.45, 2.75) is 0 Å². The van der Waals surface area contributed by atoms with Crippen molar-refractivity contribution in [2.24, 2.45) is 0 Å². The molecule has 5 nitrogen and oxygen atoms in total. The fourth-order valence-electron chi connectivity index (χ4n) is 1.49. The van der Waals surface area contributed by atoms with E-state index >= 15 is 0 Å². The fourth-order valence-corrected chi connectivity index (χ4v) is 1.49. The van der Waals surface area contributed by atoms with Crippen LogP contribution in [-0.2, 0) is 0 Å². The maximum atomic E-state index is 5.79. The molecule has 0 saturated heterocycles. The molecule has 0 amide bonds. The molecule has 0 saturated carbocycles. The number of nitrogen functional groups attached to an aromatic ring is 1. The lowest BCUT2D eigenvalue weighted by Crippen LogP contribution is -2.00. The molecule has 3 heterocycles. The Hall–Kier alpha value is -2.17. The second kappa shape index (κ2) is 2.41. The number of nitrogens with zero attached hydrogens (tertiary/aromatic N) is 4. The summed E-state index contributed by atoms with van der Waals surface area (Å²) in [6.07, 6.45) is 3.39. The largest absolute Gasteiger partial charge is 0.383 e. The third kappa shape index (κ3) is 0.806. The SMILES string of the molecule is Nc1nc2ccnn2c2ncccc12. The molecule has 0 unspecified atom stereocenters. The summed E-state index contributed by atoms with van der Waals surface area (Å²) in [5.41, 5.74) is 7.24. The summed E-state index contributed by atoms with van der Waals surface area (Å²) >= 11 is 0. The number of rotatable bonds is 0. The van der Waals surface area contributed by atoms with E-state index in [2.05, 4.69) is 15.1 Å². The van der Waals surface area contributed by atoms with E-state index in [1.165, 1.54) is 0 Å². The first-order valence-electron chi connectivity index (χ1n) is 4.20. The first kappa shape index (κ1) is 7.25. The molecule has 3 rings (SSSR count). The van der Waals surface area contributed by atoms with Crippen molar-refractivity contribution in [2.75, 3.05) is 5.73 Å². The first-order chi connectivity index (χ1) is 6.86. The molecule has 0 aliphatic rings. The van der Waals surface area contributed by atoms with Gasteiger partial charge >= 0.3 is 0 Å². The van der Waals surface area contributed by atoms with E-state index in [4.69, 9.17) is 5.73 Å². The number of hydrogen-bond donors (Lipinski definition) is 1. The zero-order chi connectivity index (χ0) is 9.54. The van der Waals surface area contributed by atoms with E-state index in [-0.39, 0.29) is 0 Å². The molecule has 0 fully saturated rings. The molecule has 5 heteroatoms. The summed E-state index contributed by atoms with van der Waals surface area (Å²) in [4.78, 5) is 8.42. The van der Waals surface area contributed by atoms with Crippen LogP contribution in [0.2, 0.25) is 0 Å². The Balaban J connectivity index is 2.67. The van der Waals surface area contributed by atoms with Gasteiger partial charge in [0.2, 0.25) is 0 Å². The summed E-state index contributed by atoms with van der Waals surface area (Å²) in [6.45, 7) is 0. The van der Waals surface area contributed by atoms with Gasteiger partial charge in [-0.2, -0.15) is 9.61 Å². The quantitative estimate of drug-likeness (QED) is 0.564. The average molecular weight is 185 g/mol. The van der Waals surface area contributed by atoms with Crippen LogP contribution in [0.5, 0.6) is 0 Å². The van der Waals surface area contributed by atoms with Crippen LogP contribution in [0.25, 0.3) is 16.7 Å². The zero-order valence-electron chi connectivity index (χ0n) is 7.25. The van der Waals surface area contributed by atoms with E-state index < -0.39 is 0 Å². The van der Waals surface area contributed by atoms with Gasteiger partial charge in [-0.15, -0.1) is 0 Å². The van der Waals surface area contributed by atoms with Crippen LogP contribution in [0.4, 0.5) is 5.82 Å². The highest BCUT2D eigenvalue weighted by Gasteiger charge is 2.05. The molecule has 0 aliphatic carbocycles. The van der Waals surface area contributed by atoms with Gasteiger partial charge in [0.1, 0.15) is 5.82 Å². The number of aromatic nitrogens is 4. The van der Waals surface area contributed by atoms with Crippen molar-refractivity contribution in [3.63, 3.8) is 0 Å². The minimum Gasteiger partial charge on any atom is -0.383 e. The van der Waals surface area contributed by atoms with Crippen LogP contribution in [0.15, 0.2) is 30.6 Å². The van der Waals surface area contributed by atoms with Gasteiger partial charge in [0.25, 0.3) is 0 Å². The number of nitrogens with two attached hydrogens (primary N) is 1. The first-order valence-corrected chi connectivity index (χ1v) is 4.20. The average Bonchev–Trinajstić information content (AvgIpc) is 2.66. The van der Waals surface area contributed by atoms with Crippen molar-refractivity contribution in [1.82, 2.24) is 19.6 Å². The smallest absolute Gasteiger partial charge is 0.166 e. The molecule has 0 radical (unpaired) electrons. The number of pyridine rings is 1. The number of anilines is 1. The maximum absolute atomic E-state index is 5.79. The normalized spacial score (nSPS) is 11.1. The summed E-state index contributed by atoms with van der Waals surface area (Å²) in [5.74, 6) is 0.487. The second-order valence-corrected chi connectivity index (χ2v) is 2.97. The predicted molar refractivity (Wildman–Crippen MR) is 52.7 cm³/mol. The predicted octanol–water partition coefficient (Wildman–Crippen LogP) is 0.860. The van der Waals surface area contributed by atoms with Gasteiger partial charge in [-0.05, 0) is 12.1 Å². The minimum atomic E-state index is 0.487. The van der Waals surface area contributed by atoms with Gasteiger partial charge in [-0.25, -0.2) is 9.97 Å². The molecule has 3 aromatic rings. The van der Waals surface area contributed by atoms with Crippen molar-refractivity contribution >= 4 is 22.5 Å². The Morgan fingerprint density at radius 1 is 1.21 bits per heavy atom. The molecule has 2 N–H and O–H groups in total. The van der Waals surface area contributed by atoms with E-state index in [1.54, 1.807) is 23.0 Å². The lowest BCUT2D eigenvalue weighted by Gasteiger charge is -2.01. The van der Waals surface area contributed by atoms with Gasteiger partial charge < -0.3 is 5.73 Å². The Labute approximate surface area is 79.2 Å². The van der Waals surface area contributed by atoms with Crippen molar-refractivity contribution in [1.29, 1.82) is 0 Å². The second-order valence-electron chi connectivity index (χ2n) is 2.97. The fraction of sp³-hybridized carbons (Fsp3) is 0. The van der Waals surface area contributed by atoms with E-state index in [9.17, 15) is 0 Å². The standard InChI is InChI=1S/C9H7N5/c10-8-6-2-1-4-11-9(6)14-7(13-8)3-5-12-14/h1-5H,(H2,10,13). The van der Waals surface area contributed by atoms with Crippen LogP contribution < -0.4 is 5.73 Å². The van der Waals surface area contributed by atoms with Crippen molar-refractivity contribution < 1.29 is 0 Å². The van der Waals surface area contributed by atoms with E-state index in [1.807, 2.05) is 12.1 Å². The monoisotopic (exact) mass is 185 g/mol. The Kier molecular flexibility index (Phi) is 1.25. The zero-order valence-corrected chi connectivity index (χ0v) is 7.25. The molecule has 3 aromatic heterocycles. The molecule has 0 atom stereocenters. The Morgan fingerprint density at radius 2 is 2.14 bits per heavy atom. The third-order valence-electron chi connectivity index (χ3n) is 2.12. The molecule has 0 bridgehead atoms. The van der Waals surface area contributed by atoms with Crippen molar-refractivity contribution in [3.8, 4) is 0 Å². The van der Waals surface area contributed by atoms with E-state index in [0.717, 1.165) is 11.0 Å². The molecular weight excluding hydrogens is 178 g/mol. The lowest BCUT2D eigenvalue weighted by molar-refractivity contribution is 0.965. The maximum Gasteiger partial charge on any atom is 0.166 e. The molecule has 68 valence electrons. The van der Waals surface area contributed by atoms with Gasteiger partial charge in [0.15, 0.2) is 11.3 Å². The summed E-state index contributed by atoms with van der Waals surface area (Å²) < 4.78 is 1.67. The molecule has 0 aromatic carbocycles. The van der Waals surface area contributed by atoms with Crippen LogP contribution in [0.3, 0.4) is 0 Å². The highest BCUT2D eigenvalue weighted by Crippen LogP contribution is 2.17. The van der Waals surface area contributed by atoms with Gasteiger partial charge in [0, 0.05) is 12.3 Å². The lowest BCUT2D eigenvalue weighted by atomic mass is 10.3. The van der Waals surface area contributed by atoms with Crippen LogP contribution in [-0.4, -0.2) is 19.6 Å². The van der Waals surface area contributed by atoms with Gasteiger partial charge in [-0.3, -0.25) is 0 Å². The Bertz CT molecular complexity index is 613. The summed E-state index contributed by atoms with van der Waals surface area (Å²) in [6, 6.07) is 5.51. The topological polar surface area (TPSA) is 69.1 Å². The van der Waals surface area contributed by atoms with E-state index in [0.29, 0.717) is 11.5 Å². The minimum absolute atomic E-state index is 0.487. The van der Waals surface area contributed by atoms with Gasteiger partial charge in [0.05, 0.1) is 11.6 Å². The summed E-state index contributed by atoms with van der Waals surface area (Å²) in [7, 11) is 0. The van der Waals surface area contributed by atoms with Crippen molar-refractivity contribution in [3.05, 3.63) is 30.6 Å². The highest BCUT2D eigenvalue weighted by atomic mass is 15.3.